The van der Waals surface area contributed by atoms with Crippen LogP contribution in [0.2, 0.25) is 0 Å². The number of furan rings is 1. The SMILES string of the molecule is O=C(O)C1CCc2nc(-c3ccco3)sc2C1. The third kappa shape index (κ3) is 1.86. The van der Waals surface area contributed by atoms with E-state index < -0.39 is 5.97 Å². The fraction of sp³-hybridized carbons (Fsp3) is 0.333. The molecule has 5 heteroatoms. The molecule has 0 amide bonds. The number of aliphatic carboxylic acids is 1. The smallest absolute Gasteiger partial charge is 0.306 e. The zero-order valence-corrected chi connectivity index (χ0v) is 9.87. The zero-order chi connectivity index (χ0) is 11.8. The van der Waals surface area contributed by atoms with Gasteiger partial charge in [0.1, 0.15) is 0 Å². The first-order chi connectivity index (χ1) is 8.24. The summed E-state index contributed by atoms with van der Waals surface area (Å²) in [7, 11) is 0. The van der Waals surface area contributed by atoms with Crippen molar-refractivity contribution in [2.24, 2.45) is 5.92 Å². The van der Waals surface area contributed by atoms with Crippen LogP contribution in [0.1, 0.15) is 17.0 Å². The first-order valence-electron chi connectivity index (χ1n) is 5.49. The molecule has 2 aromatic rings. The lowest BCUT2D eigenvalue weighted by Gasteiger charge is -2.16. The number of fused-ring (bicyclic) bond motifs is 1. The molecule has 1 unspecified atom stereocenters. The van der Waals surface area contributed by atoms with Gasteiger partial charge in [-0.1, -0.05) is 0 Å². The van der Waals surface area contributed by atoms with Gasteiger partial charge in [0.2, 0.25) is 0 Å². The van der Waals surface area contributed by atoms with Crippen molar-refractivity contribution in [2.45, 2.75) is 19.3 Å². The number of carboxylic acids is 1. The van der Waals surface area contributed by atoms with E-state index in [9.17, 15) is 4.79 Å². The van der Waals surface area contributed by atoms with Crippen LogP contribution < -0.4 is 0 Å². The van der Waals surface area contributed by atoms with Gasteiger partial charge in [0.25, 0.3) is 0 Å². The van der Waals surface area contributed by atoms with Gasteiger partial charge >= 0.3 is 5.97 Å². The van der Waals surface area contributed by atoms with E-state index in [4.69, 9.17) is 9.52 Å². The Hall–Kier alpha value is -1.62. The fourth-order valence-electron chi connectivity index (χ4n) is 2.09. The monoisotopic (exact) mass is 249 g/mol. The summed E-state index contributed by atoms with van der Waals surface area (Å²) in [5.41, 5.74) is 1.04. The van der Waals surface area contributed by atoms with Crippen LogP contribution in [0.3, 0.4) is 0 Å². The topological polar surface area (TPSA) is 63.3 Å². The van der Waals surface area contributed by atoms with E-state index in [2.05, 4.69) is 4.98 Å². The van der Waals surface area contributed by atoms with Gasteiger partial charge in [-0.25, -0.2) is 4.98 Å². The molecule has 1 aliphatic carbocycles. The third-order valence-corrected chi connectivity index (χ3v) is 4.16. The molecule has 0 aromatic carbocycles. The van der Waals surface area contributed by atoms with Gasteiger partial charge in [-0.3, -0.25) is 4.79 Å². The van der Waals surface area contributed by atoms with E-state index in [1.165, 1.54) is 0 Å². The average Bonchev–Trinajstić information content (AvgIpc) is 2.96. The quantitative estimate of drug-likeness (QED) is 0.888. The zero-order valence-electron chi connectivity index (χ0n) is 9.05. The maximum absolute atomic E-state index is 11.0. The molecular weight excluding hydrogens is 238 g/mol. The predicted octanol–water partition coefficient (Wildman–Crippen LogP) is 2.59. The van der Waals surface area contributed by atoms with Gasteiger partial charge in [0.05, 0.1) is 17.9 Å². The Labute approximate surface area is 102 Å². The summed E-state index contributed by atoms with van der Waals surface area (Å²) in [5.74, 6) is -0.202. The lowest BCUT2D eigenvalue weighted by atomic mass is 9.91. The van der Waals surface area contributed by atoms with Gasteiger partial charge in [-0.2, -0.15) is 0 Å². The molecule has 4 nitrogen and oxygen atoms in total. The Balaban J connectivity index is 1.92. The van der Waals surface area contributed by atoms with Crippen LogP contribution in [0.25, 0.3) is 10.8 Å². The molecule has 17 heavy (non-hydrogen) atoms. The Morgan fingerprint density at radius 2 is 2.47 bits per heavy atom. The van der Waals surface area contributed by atoms with Crippen molar-refractivity contribution < 1.29 is 14.3 Å². The minimum absolute atomic E-state index is 0.257. The van der Waals surface area contributed by atoms with Crippen molar-refractivity contribution in [3.8, 4) is 10.8 Å². The maximum Gasteiger partial charge on any atom is 0.306 e. The van der Waals surface area contributed by atoms with E-state index in [0.29, 0.717) is 12.8 Å². The van der Waals surface area contributed by atoms with Crippen molar-refractivity contribution in [1.29, 1.82) is 0 Å². The Kier molecular flexibility index (Phi) is 2.48. The number of aryl methyl sites for hydroxylation is 1. The molecule has 0 saturated carbocycles. The summed E-state index contributed by atoms with van der Waals surface area (Å²) in [6.07, 6.45) is 3.66. The van der Waals surface area contributed by atoms with E-state index in [1.807, 2.05) is 12.1 Å². The Morgan fingerprint density at radius 1 is 1.59 bits per heavy atom. The highest BCUT2D eigenvalue weighted by Gasteiger charge is 2.27. The summed E-state index contributed by atoms with van der Waals surface area (Å²) in [5, 5.41) is 9.87. The Morgan fingerprint density at radius 3 is 3.18 bits per heavy atom. The van der Waals surface area contributed by atoms with Crippen molar-refractivity contribution in [3.63, 3.8) is 0 Å². The first kappa shape index (κ1) is 10.5. The molecule has 0 radical (unpaired) electrons. The summed E-state index contributed by atoms with van der Waals surface area (Å²) in [6, 6.07) is 3.70. The molecule has 2 aromatic heterocycles. The van der Waals surface area contributed by atoms with Crippen LogP contribution in [0, 0.1) is 5.92 Å². The van der Waals surface area contributed by atoms with Crippen LogP contribution in [0.4, 0.5) is 0 Å². The number of carboxylic acid groups (broad SMARTS) is 1. The average molecular weight is 249 g/mol. The molecule has 0 fully saturated rings. The fourth-order valence-corrected chi connectivity index (χ4v) is 3.25. The molecule has 0 spiro atoms. The highest BCUT2D eigenvalue weighted by Crippen LogP contribution is 2.34. The molecule has 1 N–H and O–H groups in total. The number of hydrogen-bond donors (Lipinski definition) is 1. The highest BCUT2D eigenvalue weighted by molar-refractivity contribution is 7.15. The van der Waals surface area contributed by atoms with E-state index in [1.54, 1.807) is 17.6 Å². The minimum Gasteiger partial charge on any atom is -0.481 e. The molecule has 1 atom stereocenters. The van der Waals surface area contributed by atoms with Crippen molar-refractivity contribution in [3.05, 3.63) is 29.0 Å². The predicted molar refractivity (Wildman–Crippen MR) is 63.0 cm³/mol. The molecule has 3 rings (SSSR count). The van der Waals surface area contributed by atoms with Crippen molar-refractivity contribution in [2.75, 3.05) is 0 Å². The molecular formula is C12H11NO3S. The van der Waals surface area contributed by atoms with Crippen LogP contribution in [0.5, 0.6) is 0 Å². The number of thiazole rings is 1. The molecule has 2 heterocycles. The first-order valence-corrected chi connectivity index (χ1v) is 6.31. The summed E-state index contributed by atoms with van der Waals surface area (Å²) in [4.78, 5) is 16.6. The van der Waals surface area contributed by atoms with Crippen molar-refractivity contribution >= 4 is 17.3 Å². The van der Waals surface area contributed by atoms with Crippen LogP contribution in [0.15, 0.2) is 22.8 Å². The molecule has 0 bridgehead atoms. The summed E-state index contributed by atoms with van der Waals surface area (Å²) >= 11 is 1.55. The van der Waals surface area contributed by atoms with Crippen LogP contribution in [-0.2, 0) is 17.6 Å². The van der Waals surface area contributed by atoms with Crippen LogP contribution in [-0.4, -0.2) is 16.1 Å². The second-order valence-electron chi connectivity index (χ2n) is 4.14. The number of nitrogens with zero attached hydrogens (tertiary/aromatic N) is 1. The number of hydrogen-bond acceptors (Lipinski definition) is 4. The minimum atomic E-state index is -0.705. The lowest BCUT2D eigenvalue weighted by Crippen LogP contribution is -2.21. The molecule has 0 saturated heterocycles. The number of aromatic nitrogens is 1. The second kappa shape index (κ2) is 4.00. The number of carbonyl (C=O) groups is 1. The highest BCUT2D eigenvalue weighted by atomic mass is 32.1. The van der Waals surface area contributed by atoms with Gasteiger partial charge < -0.3 is 9.52 Å². The maximum atomic E-state index is 11.0. The van der Waals surface area contributed by atoms with Gasteiger partial charge in [0.15, 0.2) is 10.8 Å². The Bertz CT molecular complexity index is 544. The summed E-state index contributed by atoms with van der Waals surface area (Å²) in [6.45, 7) is 0. The largest absolute Gasteiger partial charge is 0.481 e. The standard InChI is InChI=1S/C12H11NO3S/c14-12(15)7-3-4-8-10(6-7)17-11(13-8)9-2-1-5-16-9/h1-2,5,7H,3-4,6H2,(H,14,15). The van der Waals surface area contributed by atoms with Gasteiger partial charge in [-0.05, 0) is 31.4 Å². The van der Waals surface area contributed by atoms with E-state index in [0.717, 1.165) is 27.8 Å². The molecule has 1 aliphatic rings. The summed E-state index contributed by atoms with van der Waals surface area (Å²) < 4.78 is 5.30. The number of rotatable bonds is 2. The molecule has 0 aliphatic heterocycles. The van der Waals surface area contributed by atoms with Gasteiger partial charge in [-0.15, -0.1) is 11.3 Å². The third-order valence-electron chi connectivity index (χ3n) is 3.02. The molecule has 88 valence electrons. The van der Waals surface area contributed by atoms with Crippen LogP contribution >= 0.6 is 11.3 Å². The van der Waals surface area contributed by atoms with E-state index >= 15 is 0 Å². The normalized spacial score (nSPS) is 18.9. The lowest BCUT2D eigenvalue weighted by molar-refractivity contribution is -0.142. The van der Waals surface area contributed by atoms with Gasteiger partial charge in [0, 0.05) is 4.88 Å². The van der Waals surface area contributed by atoms with Crippen molar-refractivity contribution in [1.82, 2.24) is 4.98 Å². The second-order valence-corrected chi connectivity index (χ2v) is 5.23. The van der Waals surface area contributed by atoms with E-state index in [-0.39, 0.29) is 5.92 Å².